The summed E-state index contributed by atoms with van der Waals surface area (Å²) >= 11 is 0. The number of amides is 3. The zero-order chi connectivity index (χ0) is 34.9. The first-order valence-electron chi connectivity index (χ1n) is 14.7. The molecular weight excluding hydrogens is 588 g/mol. The minimum Gasteiger partial charge on any atom is -0.444 e. The summed E-state index contributed by atoms with van der Waals surface area (Å²) in [4.78, 5) is 38.7. The number of nitriles is 3. The van der Waals surface area contributed by atoms with Gasteiger partial charge in [0, 0.05) is 19.6 Å². The third-order valence-electron chi connectivity index (χ3n) is 6.32. The predicted octanol–water partition coefficient (Wildman–Crippen LogP) is 2.21. The van der Waals surface area contributed by atoms with E-state index in [1.54, 1.807) is 62.3 Å². The van der Waals surface area contributed by atoms with Crippen molar-refractivity contribution >= 4 is 18.3 Å². The highest BCUT2D eigenvalue weighted by Gasteiger charge is 2.38. The monoisotopic (exact) mass is 636 g/mol. The fourth-order valence-electron chi connectivity index (χ4n) is 4.17. The Balaban J connectivity index is 0.000000337. The Kier molecular flexibility index (Phi) is 13.9. The van der Waals surface area contributed by atoms with Crippen molar-refractivity contribution in [1.29, 1.82) is 15.8 Å². The molecule has 0 radical (unpaired) electrons. The standard InChI is InChI=1S/3C10H16N2O3/c3*1-10(2,3)15-9(14)12-5-7(4-11)8(13)6-12/h3*7-8,13H,5-6H2,1-3H3/t7-,8+;7-,8-;/m11./s1. The first kappa shape index (κ1) is 39.2. The summed E-state index contributed by atoms with van der Waals surface area (Å²) in [5.41, 5.74) is -1.65. The van der Waals surface area contributed by atoms with Crippen LogP contribution >= 0.6 is 0 Å². The fraction of sp³-hybridized carbons (Fsp3) is 0.800. The SMILES string of the molecule is CC(C)(C)OC(=O)N1CC(O)C(C#N)C1.CC(C)(C)OC(=O)N1C[C@@H](C#N)[C@@H](O)C1.CC(C)(C)OC(=O)N1C[C@@H](O)[C@H](C#N)C1. The van der Waals surface area contributed by atoms with Crippen LogP contribution in [0.4, 0.5) is 14.4 Å². The summed E-state index contributed by atoms with van der Waals surface area (Å²) in [6, 6.07) is 5.89. The van der Waals surface area contributed by atoms with E-state index < -0.39 is 71.1 Å². The lowest BCUT2D eigenvalue weighted by Crippen LogP contribution is -2.35. The molecule has 0 bridgehead atoms. The van der Waals surface area contributed by atoms with Gasteiger partial charge in [-0.3, -0.25) is 0 Å². The number of rotatable bonds is 0. The molecule has 3 aliphatic rings. The van der Waals surface area contributed by atoms with E-state index in [1.165, 1.54) is 14.7 Å². The van der Waals surface area contributed by atoms with E-state index in [2.05, 4.69) is 0 Å². The molecule has 0 spiro atoms. The molecule has 0 aliphatic carbocycles. The van der Waals surface area contributed by atoms with Gasteiger partial charge >= 0.3 is 18.3 Å². The summed E-state index contributed by atoms with van der Waals surface area (Å²) in [7, 11) is 0. The highest BCUT2D eigenvalue weighted by atomic mass is 16.6. The average molecular weight is 637 g/mol. The highest BCUT2D eigenvalue weighted by Crippen LogP contribution is 2.21. The van der Waals surface area contributed by atoms with Crippen molar-refractivity contribution in [3.05, 3.63) is 0 Å². The van der Waals surface area contributed by atoms with Gasteiger partial charge in [-0.1, -0.05) is 0 Å². The zero-order valence-electron chi connectivity index (χ0n) is 27.7. The fourth-order valence-corrected chi connectivity index (χ4v) is 4.17. The molecule has 3 saturated heterocycles. The minimum atomic E-state index is -0.762. The summed E-state index contributed by atoms with van der Waals surface area (Å²) in [6.07, 6.45) is -3.70. The highest BCUT2D eigenvalue weighted by molar-refractivity contribution is 5.69. The van der Waals surface area contributed by atoms with Gasteiger partial charge < -0.3 is 44.2 Å². The molecule has 45 heavy (non-hydrogen) atoms. The number of hydrogen-bond donors (Lipinski definition) is 3. The van der Waals surface area contributed by atoms with E-state index >= 15 is 0 Å². The molecule has 15 nitrogen and oxygen atoms in total. The van der Waals surface area contributed by atoms with Crippen LogP contribution < -0.4 is 0 Å². The van der Waals surface area contributed by atoms with Crippen molar-refractivity contribution < 1.29 is 43.9 Å². The van der Waals surface area contributed by atoms with E-state index in [0.717, 1.165) is 0 Å². The van der Waals surface area contributed by atoms with Crippen molar-refractivity contribution in [3.63, 3.8) is 0 Å². The van der Waals surface area contributed by atoms with Crippen LogP contribution in [0.3, 0.4) is 0 Å². The van der Waals surface area contributed by atoms with Crippen LogP contribution in [0.2, 0.25) is 0 Å². The number of aliphatic hydroxyl groups is 3. The maximum atomic E-state index is 11.6. The van der Waals surface area contributed by atoms with Crippen LogP contribution in [-0.2, 0) is 14.2 Å². The number of ether oxygens (including phenoxy) is 3. The van der Waals surface area contributed by atoms with Crippen LogP contribution in [0.1, 0.15) is 62.3 Å². The molecule has 0 aromatic carbocycles. The zero-order valence-corrected chi connectivity index (χ0v) is 27.7. The molecule has 3 rings (SSSR count). The lowest BCUT2D eigenvalue weighted by Gasteiger charge is -2.24. The van der Waals surface area contributed by atoms with Crippen LogP contribution in [0.15, 0.2) is 0 Å². The molecule has 0 aromatic rings. The molecule has 0 aromatic heterocycles. The molecule has 3 aliphatic heterocycles. The van der Waals surface area contributed by atoms with Gasteiger partial charge in [0.1, 0.15) is 16.8 Å². The Bertz CT molecular complexity index is 1010. The number of likely N-dealkylation sites (tertiary alicyclic amines) is 3. The van der Waals surface area contributed by atoms with Crippen LogP contribution in [-0.4, -0.2) is 123 Å². The summed E-state index contributed by atoms with van der Waals surface area (Å²) in [5.74, 6) is -1.51. The Morgan fingerprint density at radius 3 is 0.844 bits per heavy atom. The molecule has 3 fully saturated rings. The molecule has 6 atom stereocenters. The van der Waals surface area contributed by atoms with Gasteiger partial charge in [-0.15, -0.1) is 0 Å². The van der Waals surface area contributed by atoms with Gasteiger partial charge in [-0.05, 0) is 62.3 Å². The summed E-state index contributed by atoms with van der Waals surface area (Å²) in [5, 5.41) is 54.3. The molecule has 0 saturated carbocycles. The molecule has 15 heteroatoms. The summed E-state index contributed by atoms with van der Waals surface area (Å²) in [6.45, 7) is 17.2. The van der Waals surface area contributed by atoms with Crippen molar-refractivity contribution in [3.8, 4) is 18.2 Å². The lowest BCUT2D eigenvalue weighted by molar-refractivity contribution is 0.0261. The number of nitrogens with zero attached hydrogens (tertiary/aromatic N) is 6. The third kappa shape index (κ3) is 13.8. The number of carbonyl (C=O) groups is 3. The largest absolute Gasteiger partial charge is 0.444 e. The Morgan fingerprint density at radius 2 is 0.711 bits per heavy atom. The second kappa shape index (κ2) is 15.9. The van der Waals surface area contributed by atoms with E-state index in [9.17, 15) is 29.7 Å². The van der Waals surface area contributed by atoms with E-state index in [0.29, 0.717) is 0 Å². The number of hydrogen-bond acceptors (Lipinski definition) is 12. The number of carbonyl (C=O) groups excluding carboxylic acids is 3. The van der Waals surface area contributed by atoms with E-state index in [4.69, 9.17) is 30.0 Å². The minimum absolute atomic E-state index is 0.174. The van der Waals surface area contributed by atoms with Crippen molar-refractivity contribution in [2.24, 2.45) is 17.8 Å². The quantitative estimate of drug-likeness (QED) is 0.326. The van der Waals surface area contributed by atoms with Gasteiger partial charge in [0.2, 0.25) is 0 Å². The second-order valence-electron chi connectivity index (χ2n) is 14.1. The summed E-state index contributed by atoms with van der Waals surface area (Å²) < 4.78 is 15.4. The number of aliphatic hydroxyl groups excluding tert-OH is 3. The maximum Gasteiger partial charge on any atom is 0.410 e. The van der Waals surface area contributed by atoms with Crippen LogP contribution in [0.5, 0.6) is 0 Å². The molecule has 252 valence electrons. The third-order valence-corrected chi connectivity index (χ3v) is 6.32. The Hall–Kier alpha value is -3.84. The number of β-amino-alcohol motifs (C(OH)–C–C–N with tert-alkyl or cyclic N) is 3. The van der Waals surface area contributed by atoms with Crippen LogP contribution in [0, 0.1) is 51.7 Å². The predicted molar refractivity (Wildman–Crippen MR) is 159 cm³/mol. The van der Waals surface area contributed by atoms with Crippen molar-refractivity contribution in [2.45, 2.75) is 97.4 Å². The van der Waals surface area contributed by atoms with E-state index in [-0.39, 0.29) is 39.3 Å². The maximum absolute atomic E-state index is 11.6. The molecular formula is C30H48N6O9. The van der Waals surface area contributed by atoms with E-state index in [1.807, 2.05) is 18.2 Å². The van der Waals surface area contributed by atoms with Gasteiger partial charge in [0.25, 0.3) is 0 Å². The average Bonchev–Trinajstić information content (AvgIpc) is 3.57. The van der Waals surface area contributed by atoms with Gasteiger partial charge in [-0.25, -0.2) is 14.4 Å². The Morgan fingerprint density at radius 1 is 0.511 bits per heavy atom. The van der Waals surface area contributed by atoms with Gasteiger partial charge in [0.05, 0.1) is 73.9 Å². The van der Waals surface area contributed by atoms with Crippen molar-refractivity contribution in [1.82, 2.24) is 14.7 Å². The Labute approximate surface area is 265 Å². The molecule has 3 heterocycles. The van der Waals surface area contributed by atoms with Gasteiger partial charge in [-0.2, -0.15) is 15.8 Å². The smallest absolute Gasteiger partial charge is 0.410 e. The van der Waals surface area contributed by atoms with Crippen molar-refractivity contribution in [2.75, 3.05) is 39.3 Å². The van der Waals surface area contributed by atoms with Crippen LogP contribution in [0.25, 0.3) is 0 Å². The molecule has 3 amide bonds. The second-order valence-corrected chi connectivity index (χ2v) is 14.1. The van der Waals surface area contributed by atoms with Gasteiger partial charge in [0.15, 0.2) is 0 Å². The normalized spacial score (nSPS) is 26.2. The molecule has 3 N–H and O–H groups in total. The topological polar surface area (TPSA) is 221 Å². The molecule has 2 unspecified atom stereocenters. The first-order valence-corrected chi connectivity index (χ1v) is 14.7. The first-order chi connectivity index (χ1) is 20.5. The lowest BCUT2D eigenvalue weighted by atomic mass is 10.1.